The Morgan fingerprint density at radius 3 is 2.00 bits per heavy atom. The predicted octanol–water partition coefficient (Wildman–Crippen LogP) is 2.45. The van der Waals surface area contributed by atoms with Crippen LogP contribution in [0.3, 0.4) is 0 Å². The van der Waals surface area contributed by atoms with Gasteiger partial charge >= 0.3 is 0 Å². The highest BCUT2D eigenvalue weighted by molar-refractivity contribution is 9.12. The molecular formula is C5H7Br2N. The van der Waals surface area contributed by atoms with Crippen LogP contribution in [-0.4, -0.2) is 9.15 Å². The molecule has 0 aromatic heterocycles. The molecule has 0 heterocycles. The molecule has 0 aliphatic rings. The van der Waals surface area contributed by atoms with Crippen molar-refractivity contribution in [3.63, 3.8) is 0 Å². The molecule has 0 bridgehead atoms. The van der Waals surface area contributed by atoms with Crippen LogP contribution in [0.5, 0.6) is 0 Å². The maximum atomic E-state index is 8.34. The summed E-state index contributed by atoms with van der Waals surface area (Å²) in [5.74, 6) is 0. The van der Waals surface area contributed by atoms with E-state index in [2.05, 4.69) is 37.9 Å². The van der Waals surface area contributed by atoms with Crippen LogP contribution >= 0.6 is 31.9 Å². The Balaban J connectivity index is 3.87. The second kappa shape index (κ2) is 2.84. The number of hydrogen-bond acceptors (Lipinski definition) is 1. The molecule has 0 radical (unpaired) electrons. The molecule has 0 aliphatic heterocycles. The number of halogens is 2. The average Bonchev–Trinajstić information content (AvgIpc) is 1.62. The Kier molecular flexibility index (Phi) is 3.00. The van der Waals surface area contributed by atoms with Crippen molar-refractivity contribution < 1.29 is 0 Å². The Labute approximate surface area is 66.3 Å². The van der Waals surface area contributed by atoms with Crippen LogP contribution in [0, 0.1) is 11.3 Å². The summed E-state index contributed by atoms with van der Waals surface area (Å²) in [7, 11) is 0. The zero-order valence-electron chi connectivity index (χ0n) is 4.78. The smallest absolute Gasteiger partial charge is 0.116 e. The highest BCUT2D eigenvalue weighted by atomic mass is 79.9. The minimum Gasteiger partial charge on any atom is -0.197 e. The standard InChI is InChI=1S/C5H7Br2N/c1-5(2,7)4(6)3-8/h4H,1-2H3. The van der Waals surface area contributed by atoms with Crippen molar-refractivity contribution in [2.45, 2.75) is 23.0 Å². The molecular weight excluding hydrogens is 234 g/mol. The summed E-state index contributed by atoms with van der Waals surface area (Å²) < 4.78 is -0.123. The van der Waals surface area contributed by atoms with Crippen LogP contribution in [0.15, 0.2) is 0 Å². The maximum Gasteiger partial charge on any atom is 0.116 e. The number of nitrogens with zero attached hydrogens (tertiary/aromatic N) is 1. The molecule has 3 heteroatoms. The van der Waals surface area contributed by atoms with Crippen LogP contribution in [0.1, 0.15) is 13.8 Å². The molecule has 0 aliphatic carbocycles. The van der Waals surface area contributed by atoms with E-state index >= 15 is 0 Å². The molecule has 0 aromatic carbocycles. The minimum atomic E-state index is -0.123. The molecule has 0 rings (SSSR count). The van der Waals surface area contributed by atoms with Crippen molar-refractivity contribution in [1.82, 2.24) is 0 Å². The van der Waals surface area contributed by atoms with Gasteiger partial charge in [0.15, 0.2) is 0 Å². The highest BCUT2D eigenvalue weighted by Gasteiger charge is 2.22. The van der Waals surface area contributed by atoms with Gasteiger partial charge in [-0.25, -0.2) is 0 Å². The van der Waals surface area contributed by atoms with Crippen molar-refractivity contribution in [2.75, 3.05) is 0 Å². The van der Waals surface area contributed by atoms with Crippen molar-refractivity contribution in [2.24, 2.45) is 0 Å². The minimum absolute atomic E-state index is 0.116. The van der Waals surface area contributed by atoms with Crippen LogP contribution in [0.4, 0.5) is 0 Å². The molecule has 8 heavy (non-hydrogen) atoms. The molecule has 46 valence electrons. The highest BCUT2D eigenvalue weighted by Crippen LogP contribution is 2.25. The largest absolute Gasteiger partial charge is 0.197 e. The lowest BCUT2D eigenvalue weighted by atomic mass is 10.1. The first-order chi connectivity index (χ1) is 3.48. The van der Waals surface area contributed by atoms with E-state index in [1.807, 2.05) is 13.8 Å². The number of hydrogen-bond donors (Lipinski definition) is 0. The molecule has 0 spiro atoms. The summed E-state index contributed by atoms with van der Waals surface area (Å²) in [4.78, 5) is -0.116. The lowest BCUT2D eigenvalue weighted by Crippen LogP contribution is -2.21. The third-order valence-electron chi connectivity index (χ3n) is 0.716. The monoisotopic (exact) mass is 239 g/mol. The number of rotatable bonds is 1. The first-order valence-corrected chi connectivity index (χ1v) is 3.92. The van der Waals surface area contributed by atoms with E-state index in [9.17, 15) is 0 Å². The Morgan fingerprint density at radius 2 is 2.00 bits per heavy atom. The van der Waals surface area contributed by atoms with Gasteiger partial charge in [-0.1, -0.05) is 31.9 Å². The molecule has 0 aromatic rings. The van der Waals surface area contributed by atoms with Crippen molar-refractivity contribution >= 4 is 31.9 Å². The lowest BCUT2D eigenvalue weighted by Gasteiger charge is -2.15. The SMILES string of the molecule is CC(C)(Br)C(Br)C#N. The second-order valence-electron chi connectivity index (χ2n) is 2.06. The van der Waals surface area contributed by atoms with Gasteiger partial charge in [-0.2, -0.15) is 5.26 Å². The normalized spacial score (nSPS) is 14.9. The van der Waals surface area contributed by atoms with Crippen LogP contribution in [0.2, 0.25) is 0 Å². The fraction of sp³-hybridized carbons (Fsp3) is 0.800. The van der Waals surface area contributed by atoms with E-state index in [0.717, 1.165) is 0 Å². The maximum absolute atomic E-state index is 8.34. The van der Waals surface area contributed by atoms with Crippen molar-refractivity contribution in [1.29, 1.82) is 5.26 Å². The molecule has 0 N–H and O–H groups in total. The summed E-state index contributed by atoms with van der Waals surface area (Å²) in [6, 6.07) is 2.07. The van der Waals surface area contributed by atoms with Gasteiger partial charge < -0.3 is 0 Å². The third kappa shape index (κ3) is 2.68. The van der Waals surface area contributed by atoms with Crippen molar-refractivity contribution in [3.05, 3.63) is 0 Å². The van der Waals surface area contributed by atoms with Gasteiger partial charge in [0.2, 0.25) is 0 Å². The lowest BCUT2D eigenvalue weighted by molar-refractivity contribution is 0.775. The van der Waals surface area contributed by atoms with E-state index in [4.69, 9.17) is 5.26 Å². The van der Waals surface area contributed by atoms with Gasteiger partial charge in [-0.05, 0) is 13.8 Å². The fourth-order valence-corrected chi connectivity index (χ4v) is 0.256. The zero-order chi connectivity index (χ0) is 6.78. The van der Waals surface area contributed by atoms with Gasteiger partial charge in [-0.3, -0.25) is 0 Å². The molecule has 0 amide bonds. The molecule has 1 nitrogen and oxygen atoms in total. The first kappa shape index (κ1) is 8.45. The second-order valence-corrected chi connectivity index (χ2v) is 5.02. The van der Waals surface area contributed by atoms with E-state index in [0.29, 0.717) is 0 Å². The van der Waals surface area contributed by atoms with Crippen molar-refractivity contribution in [3.8, 4) is 6.07 Å². The average molecular weight is 241 g/mol. The summed E-state index contributed by atoms with van der Waals surface area (Å²) in [5, 5.41) is 8.34. The topological polar surface area (TPSA) is 23.8 Å². The van der Waals surface area contributed by atoms with Gasteiger partial charge in [0.1, 0.15) is 4.83 Å². The van der Waals surface area contributed by atoms with Gasteiger partial charge in [-0.15, -0.1) is 0 Å². The quantitative estimate of drug-likeness (QED) is 0.646. The van der Waals surface area contributed by atoms with Crippen LogP contribution < -0.4 is 0 Å². The molecule has 0 fully saturated rings. The molecule has 0 saturated heterocycles. The Morgan fingerprint density at radius 1 is 1.62 bits per heavy atom. The zero-order valence-corrected chi connectivity index (χ0v) is 7.95. The number of alkyl halides is 2. The van der Waals surface area contributed by atoms with E-state index in [1.54, 1.807) is 0 Å². The van der Waals surface area contributed by atoms with E-state index in [1.165, 1.54) is 0 Å². The summed E-state index contributed by atoms with van der Waals surface area (Å²) >= 11 is 6.52. The molecule has 0 saturated carbocycles. The van der Waals surface area contributed by atoms with Gasteiger partial charge in [0.05, 0.1) is 6.07 Å². The molecule has 1 atom stereocenters. The summed E-state index contributed by atoms with van der Waals surface area (Å²) in [5.41, 5.74) is 0. The van der Waals surface area contributed by atoms with Gasteiger partial charge in [0, 0.05) is 4.32 Å². The van der Waals surface area contributed by atoms with E-state index < -0.39 is 0 Å². The molecule has 1 unspecified atom stereocenters. The number of nitriles is 1. The first-order valence-electron chi connectivity index (χ1n) is 2.21. The van der Waals surface area contributed by atoms with Crippen LogP contribution in [-0.2, 0) is 0 Å². The Hall–Kier alpha value is 0.450. The van der Waals surface area contributed by atoms with Crippen LogP contribution in [0.25, 0.3) is 0 Å². The Bertz CT molecular complexity index is 109. The van der Waals surface area contributed by atoms with Gasteiger partial charge in [0.25, 0.3) is 0 Å². The summed E-state index contributed by atoms with van der Waals surface area (Å²) in [6.07, 6.45) is 0. The third-order valence-corrected chi connectivity index (χ3v) is 3.14. The predicted molar refractivity (Wildman–Crippen MR) is 41.3 cm³/mol. The van der Waals surface area contributed by atoms with E-state index in [-0.39, 0.29) is 9.15 Å². The fourth-order valence-electron chi connectivity index (χ4n) is 0.153. The summed E-state index contributed by atoms with van der Waals surface area (Å²) in [6.45, 7) is 3.88.